The van der Waals surface area contributed by atoms with Gasteiger partial charge in [0.15, 0.2) is 6.29 Å². The lowest BCUT2D eigenvalue weighted by molar-refractivity contribution is -0.333. The first-order valence-corrected chi connectivity index (χ1v) is 8.03. The van der Waals surface area contributed by atoms with E-state index >= 15 is 0 Å². The van der Waals surface area contributed by atoms with E-state index in [1.165, 1.54) is 0 Å². The first-order chi connectivity index (χ1) is 12.5. The van der Waals surface area contributed by atoms with Crippen molar-refractivity contribution in [2.75, 3.05) is 6.61 Å². The molecule has 0 spiro atoms. The Labute approximate surface area is 151 Å². The maximum absolute atomic E-state index is 11.6. The predicted octanol–water partition coefficient (Wildman–Crippen LogP) is -1.89. The van der Waals surface area contributed by atoms with E-state index in [1.807, 2.05) is 0 Å². The second kappa shape index (κ2) is 9.56. The van der Waals surface area contributed by atoms with Gasteiger partial charge in [0, 0.05) is 12.3 Å². The molecule has 0 saturated carbocycles. The molecule has 140 valence electrons. The molecule has 0 amide bonds. The Morgan fingerprint density at radius 2 is 1.81 bits per heavy atom. The third-order valence-corrected chi connectivity index (χ3v) is 3.94. The van der Waals surface area contributed by atoms with Crippen molar-refractivity contribution in [1.82, 2.24) is 0 Å². The molecule has 0 aromatic carbocycles. The average molecular weight is 364 g/mol. The molecule has 8 heteroatoms. The second-order valence-electron chi connectivity index (χ2n) is 5.79. The fourth-order valence-corrected chi connectivity index (χ4v) is 2.55. The summed E-state index contributed by atoms with van der Waals surface area (Å²) in [6, 6.07) is 0. The van der Waals surface area contributed by atoms with Crippen molar-refractivity contribution >= 4 is 5.97 Å². The maximum Gasteiger partial charge on any atom is 0.308 e. The minimum atomic E-state index is -1.57. The van der Waals surface area contributed by atoms with E-state index < -0.39 is 55.5 Å². The van der Waals surface area contributed by atoms with Gasteiger partial charge < -0.3 is 34.6 Å². The Kier molecular flexibility index (Phi) is 7.44. The number of rotatable bonds is 4. The molecule has 0 aromatic rings. The lowest BCUT2D eigenvalue weighted by atomic mass is 9.99. The van der Waals surface area contributed by atoms with Crippen LogP contribution in [0.2, 0.25) is 0 Å². The van der Waals surface area contributed by atoms with Crippen LogP contribution in [0, 0.1) is 41.4 Å². The van der Waals surface area contributed by atoms with Crippen LogP contribution in [0.15, 0.2) is 0 Å². The minimum Gasteiger partial charge on any atom is -0.435 e. The lowest BCUT2D eigenvalue weighted by Crippen LogP contribution is -2.59. The quantitative estimate of drug-likeness (QED) is 0.337. The molecular formula is C18H20O8. The second-order valence-corrected chi connectivity index (χ2v) is 5.79. The lowest BCUT2D eigenvalue weighted by Gasteiger charge is -2.40. The van der Waals surface area contributed by atoms with E-state index in [2.05, 4.69) is 35.5 Å². The Balaban J connectivity index is 2.00. The Morgan fingerprint density at radius 1 is 1.08 bits per heavy atom. The third-order valence-electron chi connectivity index (χ3n) is 3.94. The van der Waals surface area contributed by atoms with Crippen LogP contribution < -0.4 is 0 Å². The van der Waals surface area contributed by atoms with Gasteiger partial charge in [0.2, 0.25) is 6.29 Å². The largest absolute Gasteiger partial charge is 0.435 e. The summed E-state index contributed by atoms with van der Waals surface area (Å²) in [5.74, 6) is 14.7. The number of hydrogen-bond donors (Lipinski definition) is 4. The smallest absolute Gasteiger partial charge is 0.308 e. The van der Waals surface area contributed by atoms with Crippen molar-refractivity contribution in [2.24, 2.45) is 5.92 Å². The summed E-state index contributed by atoms with van der Waals surface area (Å²) < 4.78 is 15.8. The molecule has 2 aliphatic heterocycles. The van der Waals surface area contributed by atoms with Crippen molar-refractivity contribution in [3.63, 3.8) is 0 Å². The summed E-state index contributed by atoms with van der Waals surface area (Å²) in [5.41, 5.74) is 0. The van der Waals surface area contributed by atoms with Gasteiger partial charge in [0.05, 0.1) is 13.0 Å². The molecule has 0 aromatic heterocycles. The Hall–Kier alpha value is -2.09. The van der Waals surface area contributed by atoms with Crippen LogP contribution in [-0.2, 0) is 19.0 Å². The molecule has 2 saturated heterocycles. The van der Waals surface area contributed by atoms with E-state index in [0.717, 1.165) is 0 Å². The number of hydrogen-bond acceptors (Lipinski definition) is 8. The van der Waals surface area contributed by atoms with Gasteiger partial charge in [-0.3, -0.25) is 4.79 Å². The van der Waals surface area contributed by atoms with E-state index in [1.54, 1.807) is 6.92 Å². The number of aliphatic hydroxyl groups excluding tert-OH is 4. The normalized spacial score (nSPS) is 35.9. The zero-order valence-electron chi connectivity index (χ0n) is 14.1. The van der Waals surface area contributed by atoms with Crippen LogP contribution in [0.3, 0.4) is 0 Å². The van der Waals surface area contributed by atoms with Crippen LogP contribution in [0.5, 0.6) is 0 Å². The van der Waals surface area contributed by atoms with Crippen LogP contribution in [0.25, 0.3) is 0 Å². The van der Waals surface area contributed by atoms with Gasteiger partial charge in [-0.1, -0.05) is 11.8 Å². The van der Waals surface area contributed by atoms with Gasteiger partial charge in [-0.15, -0.1) is 0 Å². The minimum absolute atomic E-state index is 0.0684. The molecule has 26 heavy (non-hydrogen) atoms. The van der Waals surface area contributed by atoms with E-state index in [9.17, 15) is 25.2 Å². The highest BCUT2D eigenvalue weighted by Gasteiger charge is 2.47. The zero-order chi connectivity index (χ0) is 19.1. The first kappa shape index (κ1) is 20.2. The van der Waals surface area contributed by atoms with Crippen molar-refractivity contribution in [1.29, 1.82) is 0 Å². The Morgan fingerprint density at radius 3 is 2.50 bits per heavy atom. The van der Waals surface area contributed by atoms with Crippen molar-refractivity contribution < 1.29 is 39.4 Å². The van der Waals surface area contributed by atoms with Crippen molar-refractivity contribution in [3.8, 4) is 35.5 Å². The van der Waals surface area contributed by atoms with Gasteiger partial charge in [-0.2, -0.15) is 0 Å². The van der Waals surface area contributed by atoms with Crippen LogP contribution in [0.1, 0.15) is 19.8 Å². The van der Waals surface area contributed by atoms with Gasteiger partial charge in [0.1, 0.15) is 24.4 Å². The number of ether oxygens (including phenoxy) is 3. The summed E-state index contributed by atoms with van der Waals surface area (Å²) >= 11 is 0. The SMILES string of the molecule is CC#CC#CC#CC[C@H]1CC(=O)OC1O[C@@H]1O[C@H](CO)[C@@H](O)[C@H](O)[C@H]1O. The highest BCUT2D eigenvalue weighted by molar-refractivity contribution is 5.71. The summed E-state index contributed by atoms with van der Waals surface area (Å²) in [5, 5.41) is 38.7. The summed E-state index contributed by atoms with van der Waals surface area (Å²) in [6.07, 6.45) is -7.84. The molecule has 0 aliphatic carbocycles. The standard InChI is InChI=1S/C18H20O8/c1-2-3-4-5-6-7-8-11-9-13(20)25-17(11)26-18-16(23)15(22)14(21)12(10-19)24-18/h11-12,14-19,21-23H,8-10H2,1H3/t11-,12+,14+,15-,16+,17?,18-/m0/s1. The monoisotopic (exact) mass is 364 g/mol. The third kappa shape index (κ3) is 4.97. The number of cyclic esters (lactones) is 1. The van der Waals surface area contributed by atoms with Gasteiger partial charge in [-0.25, -0.2) is 0 Å². The number of carbonyl (C=O) groups excluding carboxylic acids is 1. The molecule has 2 heterocycles. The fraction of sp³-hybridized carbons (Fsp3) is 0.611. The van der Waals surface area contributed by atoms with Crippen LogP contribution >= 0.6 is 0 Å². The fourth-order valence-electron chi connectivity index (χ4n) is 2.55. The van der Waals surface area contributed by atoms with Gasteiger partial charge in [0.25, 0.3) is 0 Å². The number of aliphatic hydroxyl groups is 4. The molecule has 2 rings (SSSR count). The summed E-state index contributed by atoms with van der Waals surface area (Å²) in [6.45, 7) is 1.08. The molecule has 1 unspecified atom stereocenters. The molecular weight excluding hydrogens is 344 g/mol. The summed E-state index contributed by atoms with van der Waals surface area (Å²) in [7, 11) is 0. The predicted molar refractivity (Wildman–Crippen MR) is 86.5 cm³/mol. The topological polar surface area (TPSA) is 126 Å². The highest BCUT2D eigenvalue weighted by atomic mass is 16.8. The maximum atomic E-state index is 11.6. The van der Waals surface area contributed by atoms with Crippen molar-refractivity contribution in [3.05, 3.63) is 0 Å². The molecule has 0 bridgehead atoms. The number of esters is 1. The summed E-state index contributed by atoms with van der Waals surface area (Å²) in [4.78, 5) is 11.6. The molecule has 2 fully saturated rings. The van der Waals surface area contributed by atoms with Crippen molar-refractivity contribution in [2.45, 2.75) is 56.8 Å². The molecule has 0 radical (unpaired) electrons. The molecule has 4 N–H and O–H groups in total. The van der Waals surface area contributed by atoms with Gasteiger partial charge in [-0.05, 0) is 30.6 Å². The zero-order valence-corrected chi connectivity index (χ0v) is 14.1. The highest BCUT2D eigenvalue weighted by Crippen LogP contribution is 2.30. The molecule has 2 aliphatic rings. The molecule has 8 nitrogen and oxygen atoms in total. The molecule has 7 atom stereocenters. The number of carbonyl (C=O) groups is 1. The Bertz CT molecular complexity index is 683. The van der Waals surface area contributed by atoms with Crippen LogP contribution in [-0.4, -0.2) is 70.0 Å². The van der Waals surface area contributed by atoms with E-state index in [0.29, 0.717) is 0 Å². The van der Waals surface area contributed by atoms with Gasteiger partial charge >= 0.3 is 5.97 Å². The van der Waals surface area contributed by atoms with E-state index in [4.69, 9.17) is 14.2 Å². The average Bonchev–Trinajstić information content (AvgIpc) is 2.97. The van der Waals surface area contributed by atoms with Crippen LogP contribution in [0.4, 0.5) is 0 Å². The first-order valence-electron chi connectivity index (χ1n) is 8.03. The van der Waals surface area contributed by atoms with E-state index in [-0.39, 0.29) is 12.8 Å².